The average Bonchev–Trinajstić information content (AvgIpc) is 3.01. The van der Waals surface area contributed by atoms with Gasteiger partial charge in [0, 0.05) is 32.1 Å². The highest BCUT2D eigenvalue weighted by atomic mass is 32.2. The van der Waals surface area contributed by atoms with E-state index in [4.69, 9.17) is 9.47 Å². The highest BCUT2D eigenvalue weighted by Gasteiger charge is 2.42. The molecule has 9 atom stereocenters. The van der Waals surface area contributed by atoms with Crippen LogP contribution in [0.3, 0.4) is 0 Å². The van der Waals surface area contributed by atoms with Gasteiger partial charge in [0.05, 0.1) is 23.0 Å². The van der Waals surface area contributed by atoms with Gasteiger partial charge in [-0.3, -0.25) is 14.8 Å². The maximum atomic E-state index is 12.9. The van der Waals surface area contributed by atoms with E-state index in [1.165, 1.54) is 12.8 Å². The standard InChI is InChI=1S/C18H34N2O3S/c1-11-5-6-13(12(2)17(11)23-4)10-24(21)18-19-15-8-7-14(22-3)9-16(15)20-18/h11-20H,5-10H2,1-4H3. The maximum absolute atomic E-state index is 12.9. The first-order valence-corrected chi connectivity index (χ1v) is 10.9. The molecule has 3 fully saturated rings. The van der Waals surface area contributed by atoms with Gasteiger partial charge in [-0.1, -0.05) is 13.8 Å². The number of methoxy groups -OCH3 is 2. The number of ether oxygens (including phenoxy) is 2. The lowest BCUT2D eigenvalue weighted by atomic mass is 9.74. The van der Waals surface area contributed by atoms with Crippen molar-refractivity contribution in [2.45, 2.75) is 75.7 Å². The fraction of sp³-hybridized carbons (Fsp3) is 1.00. The normalized spacial score (nSPS) is 47.3. The fourth-order valence-corrected chi connectivity index (χ4v) is 6.74. The van der Waals surface area contributed by atoms with E-state index in [1.807, 2.05) is 7.11 Å². The minimum atomic E-state index is -0.890. The predicted molar refractivity (Wildman–Crippen MR) is 97.1 cm³/mol. The number of nitrogens with one attached hydrogen (secondary N) is 2. The summed E-state index contributed by atoms with van der Waals surface area (Å²) < 4.78 is 24.2. The topological polar surface area (TPSA) is 59.6 Å². The van der Waals surface area contributed by atoms with E-state index in [0.717, 1.165) is 25.0 Å². The molecule has 0 aromatic carbocycles. The van der Waals surface area contributed by atoms with Crippen LogP contribution in [0.5, 0.6) is 0 Å². The molecule has 2 N–H and O–H groups in total. The Morgan fingerprint density at radius 2 is 1.75 bits per heavy atom. The van der Waals surface area contributed by atoms with Gasteiger partial charge in [0.1, 0.15) is 5.50 Å². The monoisotopic (exact) mass is 358 g/mol. The summed E-state index contributed by atoms with van der Waals surface area (Å²) >= 11 is 0. The van der Waals surface area contributed by atoms with Crippen LogP contribution >= 0.6 is 0 Å². The van der Waals surface area contributed by atoms with E-state index in [2.05, 4.69) is 24.5 Å². The lowest BCUT2D eigenvalue weighted by Crippen LogP contribution is -2.44. The molecule has 0 aromatic heterocycles. The molecule has 140 valence electrons. The molecule has 2 saturated carbocycles. The van der Waals surface area contributed by atoms with Crippen LogP contribution < -0.4 is 10.6 Å². The predicted octanol–water partition coefficient (Wildman–Crippen LogP) is 1.84. The van der Waals surface area contributed by atoms with Gasteiger partial charge >= 0.3 is 0 Å². The first-order valence-electron chi connectivity index (χ1n) is 9.48. The van der Waals surface area contributed by atoms with E-state index in [9.17, 15) is 4.21 Å². The van der Waals surface area contributed by atoms with Crippen LogP contribution in [0.1, 0.15) is 46.0 Å². The first kappa shape index (κ1) is 18.8. The minimum absolute atomic E-state index is 0.0665. The summed E-state index contributed by atoms with van der Waals surface area (Å²) in [5.74, 6) is 2.34. The van der Waals surface area contributed by atoms with E-state index in [0.29, 0.717) is 42.0 Å². The molecule has 2 aliphatic carbocycles. The quantitative estimate of drug-likeness (QED) is 0.785. The van der Waals surface area contributed by atoms with Crippen LogP contribution in [0.15, 0.2) is 0 Å². The Hall–Kier alpha value is -0.0100. The summed E-state index contributed by atoms with van der Waals surface area (Å²) in [5.41, 5.74) is -0.0665. The molecule has 6 heteroatoms. The molecule has 0 bridgehead atoms. The van der Waals surface area contributed by atoms with Crippen LogP contribution in [-0.2, 0) is 20.3 Å². The Labute approximate surface area is 149 Å². The largest absolute Gasteiger partial charge is 0.381 e. The van der Waals surface area contributed by atoms with E-state index in [1.54, 1.807) is 7.11 Å². The Morgan fingerprint density at radius 3 is 2.46 bits per heavy atom. The molecule has 3 aliphatic rings. The van der Waals surface area contributed by atoms with E-state index in [-0.39, 0.29) is 5.50 Å². The van der Waals surface area contributed by atoms with Gasteiger partial charge in [0.2, 0.25) is 0 Å². The van der Waals surface area contributed by atoms with Crippen molar-refractivity contribution < 1.29 is 13.7 Å². The minimum Gasteiger partial charge on any atom is -0.381 e. The molecule has 0 amide bonds. The van der Waals surface area contributed by atoms with Gasteiger partial charge in [0.15, 0.2) is 0 Å². The first-order chi connectivity index (χ1) is 11.5. The SMILES string of the molecule is COC1CCC2NC(S(=O)CC3CCC(C)C(OC)C3C)NC2C1. The van der Waals surface area contributed by atoms with Gasteiger partial charge in [-0.25, -0.2) is 0 Å². The van der Waals surface area contributed by atoms with E-state index >= 15 is 0 Å². The Kier molecular flexibility index (Phi) is 6.35. The van der Waals surface area contributed by atoms with Crippen LogP contribution in [0, 0.1) is 17.8 Å². The Balaban J connectivity index is 1.54. The fourth-order valence-electron chi connectivity index (χ4n) is 5.00. The summed E-state index contributed by atoms with van der Waals surface area (Å²) in [4.78, 5) is 0. The van der Waals surface area contributed by atoms with Crippen molar-refractivity contribution in [1.29, 1.82) is 0 Å². The van der Waals surface area contributed by atoms with Crippen molar-refractivity contribution in [3.63, 3.8) is 0 Å². The molecule has 9 unspecified atom stereocenters. The molecule has 3 rings (SSSR count). The summed E-state index contributed by atoms with van der Waals surface area (Å²) in [6.07, 6.45) is 6.21. The molecule has 1 saturated heterocycles. The van der Waals surface area contributed by atoms with Crippen LogP contribution in [0.2, 0.25) is 0 Å². The second-order valence-corrected chi connectivity index (χ2v) is 9.58. The van der Waals surface area contributed by atoms with Crippen molar-refractivity contribution in [1.82, 2.24) is 10.6 Å². The van der Waals surface area contributed by atoms with Gasteiger partial charge < -0.3 is 9.47 Å². The summed E-state index contributed by atoms with van der Waals surface area (Å²) in [6, 6.07) is 0.842. The highest BCUT2D eigenvalue weighted by Crippen LogP contribution is 2.36. The van der Waals surface area contributed by atoms with Crippen LogP contribution in [0.25, 0.3) is 0 Å². The zero-order valence-corrected chi connectivity index (χ0v) is 16.3. The van der Waals surface area contributed by atoms with Crippen LogP contribution in [-0.4, -0.2) is 54.0 Å². The third-order valence-electron chi connectivity index (χ3n) is 6.60. The van der Waals surface area contributed by atoms with Gasteiger partial charge in [-0.15, -0.1) is 0 Å². The molecule has 5 nitrogen and oxygen atoms in total. The molecular weight excluding hydrogens is 324 g/mol. The van der Waals surface area contributed by atoms with Gasteiger partial charge in [-0.2, -0.15) is 0 Å². The highest BCUT2D eigenvalue weighted by molar-refractivity contribution is 7.85. The molecule has 1 heterocycles. The third-order valence-corrected chi connectivity index (χ3v) is 8.15. The molecule has 0 radical (unpaired) electrons. The molecule has 24 heavy (non-hydrogen) atoms. The summed E-state index contributed by atoms with van der Waals surface area (Å²) in [6.45, 7) is 4.54. The number of fused-ring (bicyclic) bond motifs is 1. The summed E-state index contributed by atoms with van der Waals surface area (Å²) in [7, 11) is 2.72. The number of rotatable bonds is 5. The van der Waals surface area contributed by atoms with Crippen molar-refractivity contribution in [2.75, 3.05) is 20.0 Å². The lowest BCUT2D eigenvalue weighted by Gasteiger charge is -2.39. The van der Waals surface area contributed by atoms with Crippen molar-refractivity contribution >= 4 is 10.8 Å². The van der Waals surface area contributed by atoms with Crippen LogP contribution in [0.4, 0.5) is 0 Å². The lowest BCUT2D eigenvalue weighted by molar-refractivity contribution is -0.0277. The smallest absolute Gasteiger partial charge is 0.136 e. The second kappa shape index (κ2) is 8.12. The number of hydrogen-bond acceptors (Lipinski definition) is 5. The average molecular weight is 359 g/mol. The van der Waals surface area contributed by atoms with Gasteiger partial charge in [-0.05, 0) is 49.9 Å². The second-order valence-electron chi connectivity index (χ2n) is 8.02. The molecule has 0 spiro atoms. The van der Waals surface area contributed by atoms with Crippen molar-refractivity contribution in [3.05, 3.63) is 0 Å². The van der Waals surface area contributed by atoms with Crippen molar-refractivity contribution in [2.24, 2.45) is 17.8 Å². The number of hydrogen-bond donors (Lipinski definition) is 2. The van der Waals surface area contributed by atoms with Crippen molar-refractivity contribution in [3.8, 4) is 0 Å². The Morgan fingerprint density at radius 1 is 1.00 bits per heavy atom. The maximum Gasteiger partial charge on any atom is 0.136 e. The molecule has 1 aliphatic heterocycles. The summed E-state index contributed by atoms with van der Waals surface area (Å²) in [5, 5.41) is 7.15. The zero-order chi connectivity index (χ0) is 17.3. The third kappa shape index (κ3) is 3.88. The van der Waals surface area contributed by atoms with E-state index < -0.39 is 10.8 Å². The molecule has 0 aromatic rings. The zero-order valence-electron chi connectivity index (χ0n) is 15.5. The van der Waals surface area contributed by atoms with Gasteiger partial charge in [0.25, 0.3) is 0 Å². The Bertz CT molecular complexity index is 450. The molecular formula is C18H34N2O3S.